The quantitative estimate of drug-likeness (QED) is 0.407. The standard InChI is InChI=1S/C10H12N2O3/c11-12-5-8(13)10-4-2-1-3-7(10)9(14)15-6-10/h5,7H,1-4,6H2/p+1/b8-5+/t7-,10-/m1/s1. The minimum Gasteiger partial charge on any atom is -0.505 e. The number of carbonyl (C=O) groups excluding carboxylic acids is 1. The first-order valence-corrected chi connectivity index (χ1v) is 5.11. The van der Waals surface area contributed by atoms with Gasteiger partial charge in [0, 0.05) is 0 Å². The second-order valence-electron chi connectivity index (χ2n) is 4.19. The van der Waals surface area contributed by atoms with Crippen LogP contribution in [0.5, 0.6) is 0 Å². The van der Waals surface area contributed by atoms with Gasteiger partial charge in [-0.2, -0.15) is 0 Å². The molecule has 1 saturated carbocycles. The number of aliphatic hydroxyl groups excluding tert-OH is 1. The second-order valence-corrected chi connectivity index (χ2v) is 4.19. The summed E-state index contributed by atoms with van der Waals surface area (Å²) in [5, 5.41) is 18.2. The lowest BCUT2D eigenvalue weighted by Gasteiger charge is -2.33. The SMILES string of the molecule is N#[N+]/C=C(/O)[C@@]12CCCC[C@@H]1C(=O)OC2. The highest BCUT2D eigenvalue weighted by Gasteiger charge is 2.55. The van der Waals surface area contributed by atoms with E-state index < -0.39 is 5.41 Å². The van der Waals surface area contributed by atoms with Crippen molar-refractivity contribution in [2.45, 2.75) is 25.7 Å². The van der Waals surface area contributed by atoms with Crippen LogP contribution in [0, 0.1) is 16.7 Å². The van der Waals surface area contributed by atoms with Crippen molar-refractivity contribution in [3.8, 4) is 0 Å². The molecule has 5 heteroatoms. The fourth-order valence-electron chi connectivity index (χ4n) is 2.62. The molecule has 0 aromatic carbocycles. The number of nitrogens with zero attached hydrogens (tertiary/aromatic N) is 2. The lowest BCUT2D eigenvalue weighted by molar-refractivity contribution is -0.141. The Hall–Kier alpha value is -1.57. The van der Waals surface area contributed by atoms with Crippen LogP contribution in [0.15, 0.2) is 12.0 Å². The number of esters is 1. The molecule has 1 aliphatic carbocycles. The summed E-state index contributed by atoms with van der Waals surface area (Å²) in [4.78, 5) is 14.3. The molecule has 0 spiro atoms. The van der Waals surface area contributed by atoms with Gasteiger partial charge in [-0.3, -0.25) is 4.79 Å². The van der Waals surface area contributed by atoms with Crippen molar-refractivity contribution < 1.29 is 14.6 Å². The summed E-state index contributed by atoms with van der Waals surface area (Å²) in [5.74, 6) is -0.558. The zero-order chi connectivity index (χ0) is 10.9. The molecule has 2 atom stereocenters. The van der Waals surface area contributed by atoms with Gasteiger partial charge < -0.3 is 9.84 Å². The first-order chi connectivity index (χ1) is 7.20. The summed E-state index contributed by atoms with van der Waals surface area (Å²) in [5.41, 5.74) is -0.637. The van der Waals surface area contributed by atoms with E-state index in [9.17, 15) is 9.90 Å². The maximum atomic E-state index is 11.5. The fraction of sp³-hybridized carbons (Fsp3) is 0.700. The number of aliphatic hydroxyl groups is 1. The van der Waals surface area contributed by atoms with Gasteiger partial charge in [0.15, 0.2) is 10.7 Å². The number of fused-ring (bicyclic) bond motifs is 1. The molecule has 0 bridgehead atoms. The third-order valence-electron chi connectivity index (χ3n) is 3.48. The van der Waals surface area contributed by atoms with Gasteiger partial charge in [0.05, 0.1) is 11.3 Å². The van der Waals surface area contributed by atoms with Crippen molar-refractivity contribution in [1.82, 2.24) is 0 Å². The molecule has 0 unspecified atom stereocenters. The van der Waals surface area contributed by atoms with E-state index in [1.54, 1.807) is 0 Å². The highest BCUT2D eigenvalue weighted by atomic mass is 16.5. The van der Waals surface area contributed by atoms with Crippen molar-refractivity contribution in [2.24, 2.45) is 11.3 Å². The van der Waals surface area contributed by atoms with Gasteiger partial charge in [0.2, 0.25) is 5.39 Å². The van der Waals surface area contributed by atoms with Crippen LogP contribution in [0.25, 0.3) is 4.98 Å². The summed E-state index contributed by atoms with van der Waals surface area (Å²) in [6, 6.07) is 0. The fourth-order valence-corrected chi connectivity index (χ4v) is 2.62. The number of rotatable bonds is 1. The molecule has 5 nitrogen and oxygen atoms in total. The van der Waals surface area contributed by atoms with Crippen LogP contribution in [0.1, 0.15) is 25.7 Å². The van der Waals surface area contributed by atoms with E-state index in [4.69, 9.17) is 10.1 Å². The van der Waals surface area contributed by atoms with Gasteiger partial charge >= 0.3 is 12.2 Å². The lowest BCUT2D eigenvalue weighted by Crippen LogP contribution is -2.35. The Bertz CT molecular complexity index is 358. The van der Waals surface area contributed by atoms with Crippen LogP contribution < -0.4 is 0 Å². The Morgan fingerprint density at radius 2 is 2.47 bits per heavy atom. The van der Waals surface area contributed by atoms with Crippen LogP contribution in [0.3, 0.4) is 0 Å². The van der Waals surface area contributed by atoms with E-state index in [0.717, 1.165) is 25.5 Å². The molecule has 1 saturated heterocycles. The molecule has 1 aliphatic heterocycles. The molecule has 1 N–H and O–H groups in total. The van der Waals surface area contributed by atoms with E-state index in [1.807, 2.05) is 0 Å². The number of hydrogen-bond acceptors (Lipinski definition) is 4. The van der Waals surface area contributed by atoms with Crippen LogP contribution >= 0.6 is 0 Å². The second kappa shape index (κ2) is 3.54. The third-order valence-corrected chi connectivity index (χ3v) is 3.48. The highest BCUT2D eigenvalue weighted by molar-refractivity contribution is 5.76. The van der Waals surface area contributed by atoms with Gasteiger partial charge in [0.25, 0.3) is 0 Å². The predicted molar refractivity (Wildman–Crippen MR) is 51.1 cm³/mol. The Morgan fingerprint density at radius 3 is 3.20 bits per heavy atom. The minimum atomic E-state index is -0.637. The molecule has 0 radical (unpaired) electrons. The predicted octanol–water partition coefficient (Wildman–Crippen LogP) is 1.97. The number of cyclic esters (lactones) is 1. The molecule has 2 fully saturated rings. The highest BCUT2D eigenvalue weighted by Crippen LogP contribution is 2.50. The maximum absolute atomic E-state index is 11.5. The number of hydrogen-bond donors (Lipinski definition) is 1. The van der Waals surface area contributed by atoms with Gasteiger partial charge in [-0.1, -0.05) is 12.8 Å². The van der Waals surface area contributed by atoms with E-state index in [1.165, 1.54) is 0 Å². The van der Waals surface area contributed by atoms with E-state index in [2.05, 4.69) is 4.98 Å². The van der Waals surface area contributed by atoms with Crippen LogP contribution in [-0.4, -0.2) is 17.7 Å². The topological polar surface area (TPSA) is 74.7 Å². The van der Waals surface area contributed by atoms with Gasteiger partial charge in [-0.25, -0.2) is 0 Å². The Balaban J connectivity index is 2.35. The normalized spacial score (nSPS) is 35.5. The molecule has 0 amide bonds. The molecular formula is C10H13N2O3+. The molecule has 15 heavy (non-hydrogen) atoms. The Kier molecular flexibility index (Phi) is 2.35. The maximum Gasteiger partial charge on any atom is 0.388 e. The van der Waals surface area contributed by atoms with Crippen LogP contribution in [0.4, 0.5) is 0 Å². The molecule has 80 valence electrons. The first-order valence-electron chi connectivity index (χ1n) is 5.11. The molecule has 0 aromatic rings. The van der Waals surface area contributed by atoms with Crippen molar-refractivity contribution in [3.05, 3.63) is 16.9 Å². The van der Waals surface area contributed by atoms with Crippen molar-refractivity contribution in [3.63, 3.8) is 0 Å². The average molecular weight is 209 g/mol. The molecule has 2 rings (SSSR count). The molecule has 0 aromatic heterocycles. The Labute approximate surface area is 87.4 Å². The molecular weight excluding hydrogens is 196 g/mol. The summed E-state index contributed by atoms with van der Waals surface area (Å²) < 4.78 is 5.01. The smallest absolute Gasteiger partial charge is 0.388 e. The van der Waals surface area contributed by atoms with E-state index in [-0.39, 0.29) is 24.3 Å². The summed E-state index contributed by atoms with van der Waals surface area (Å²) in [6.07, 6.45) is 4.38. The van der Waals surface area contributed by atoms with E-state index in [0.29, 0.717) is 6.42 Å². The van der Waals surface area contributed by atoms with Crippen LogP contribution in [0.2, 0.25) is 0 Å². The lowest BCUT2D eigenvalue weighted by atomic mass is 9.67. The number of ether oxygens (including phenoxy) is 1. The third kappa shape index (κ3) is 1.37. The summed E-state index contributed by atoms with van der Waals surface area (Å²) in [7, 11) is 0. The van der Waals surface area contributed by atoms with Crippen molar-refractivity contribution >= 4 is 5.97 Å². The van der Waals surface area contributed by atoms with E-state index >= 15 is 0 Å². The zero-order valence-corrected chi connectivity index (χ0v) is 8.35. The van der Waals surface area contributed by atoms with Gasteiger partial charge in [-0.05, 0) is 12.8 Å². The largest absolute Gasteiger partial charge is 0.505 e. The summed E-state index contributed by atoms with van der Waals surface area (Å²) >= 11 is 0. The zero-order valence-electron chi connectivity index (χ0n) is 8.35. The number of diazo groups is 1. The molecule has 1 heterocycles. The molecule has 2 aliphatic rings. The van der Waals surface area contributed by atoms with Gasteiger partial charge in [0.1, 0.15) is 6.61 Å². The monoisotopic (exact) mass is 209 g/mol. The summed E-state index contributed by atoms with van der Waals surface area (Å²) in [6.45, 7) is 0.203. The van der Waals surface area contributed by atoms with Gasteiger partial charge in [-0.15, -0.1) is 0 Å². The minimum absolute atomic E-state index is 0.0412. The van der Waals surface area contributed by atoms with Crippen molar-refractivity contribution in [1.29, 1.82) is 5.39 Å². The van der Waals surface area contributed by atoms with Crippen LogP contribution in [-0.2, 0) is 9.53 Å². The van der Waals surface area contributed by atoms with Crippen molar-refractivity contribution in [2.75, 3.05) is 6.61 Å². The number of carbonyl (C=O) groups is 1. The average Bonchev–Trinajstić information content (AvgIpc) is 2.59. The first kappa shape index (κ1) is 9.97. The Morgan fingerprint density at radius 1 is 1.67 bits per heavy atom.